The van der Waals surface area contributed by atoms with Crippen LogP contribution in [0.3, 0.4) is 0 Å². The standard InChI is InChI=1S/C17H18N4O6/c1-9(23)20-13(25)7-11(10-5-3-2-4-6-10)21-16(18-19-17(20)21)15(27)14(26)12(24)8-22/h2-7,12,14-15,22,24,26-27H,8H2,1H3/t12-,14-,15-/m0/s1. The Bertz CT molecular complexity index is 1030. The van der Waals surface area contributed by atoms with Crippen LogP contribution in [0.4, 0.5) is 0 Å². The first-order chi connectivity index (χ1) is 12.9. The SMILES string of the molecule is CC(=O)n1c(=O)cc(-c2ccccc2)n2c([C@@H](O)[C@@H](O)[C@@H](O)CO)nnc12. The van der Waals surface area contributed by atoms with Gasteiger partial charge < -0.3 is 20.4 Å². The molecule has 10 heteroatoms. The third-order valence-corrected chi connectivity index (χ3v) is 4.15. The summed E-state index contributed by atoms with van der Waals surface area (Å²) in [7, 11) is 0. The number of aliphatic hydroxyl groups excluding tert-OH is 4. The van der Waals surface area contributed by atoms with Gasteiger partial charge in [0.15, 0.2) is 5.82 Å². The molecule has 0 bridgehead atoms. The molecule has 0 unspecified atom stereocenters. The maximum atomic E-state index is 12.4. The van der Waals surface area contributed by atoms with Gasteiger partial charge in [-0.1, -0.05) is 30.3 Å². The van der Waals surface area contributed by atoms with Crippen LogP contribution in [0.2, 0.25) is 0 Å². The lowest BCUT2D eigenvalue weighted by Crippen LogP contribution is -2.36. The van der Waals surface area contributed by atoms with Crippen molar-refractivity contribution >= 4 is 11.7 Å². The quantitative estimate of drug-likeness (QED) is 0.442. The van der Waals surface area contributed by atoms with E-state index in [0.29, 0.717) is 5.56 Å². The number of hydrogen-bond donors (Lipinski definition) is 4. The van der Waals surface area contributed by atoms with Crippen LogP contribution in [0.25, 0.3) is 17.0 Å². The van der Waals surface area contributed by atoms with Gasteiger partial charge in [-0.2, -0.15) is 0 Å². The lowest BCUT2D eigenvalue weighted by atomic mass is 10.1. The second-order valence-corrected chi connectivity index (χ2v) is 5.97. The molecule has 27 heavy (non-hydrogen) atoms. The van der Waals surface area contributed by atoms with E-state index in [-0.39, 0.29) is 17.3 Å². The van der Waals surface area contributed by atoms with Gasteiger partial charge in [-0.15, -0.1) is 10.2 Å². The van der Waals surface area contributed by atoms with E-state index in [1.165, 1.54) is 17.4 Å². The molecule has 3 atom stereocenters. The van der Waals surface area contributed by atoms with Crippen molar-refractivity contribution in [2.24, 2.45) is 0 Å². The van der Waals surface area contributed by atoms with Crippen LogP contribution in [0.1, 0.15) is 23.6 Å². The summed E-state index contributed by atoms with van der Waals surface area (Å²) >= 11 is 0. The van der Waals surface area contributed by atoms with Crippen LogP contribution < -0.4 is 5.56 Å². The summed E-state index contributed by atoms with van der Waals surface area (Å²) < 4.78 is 2.04. The van der Waals surface area contributed by atoms with Crippen LogP contribution in [0, 0.1) is 0 Å². The van der Waals surface area contributed by atoms with Gasteiger partial charge in [0.1, 0.15) is 18.3 Å². The first-order valence-electron chi connectivity index (χ1n) is 8.09. The van der Waals surface area contributed by atoms with Crippen LogP contribution in [0.15, 0.2) is 41.2 Å². The molecule has 1 aromatic carbocycles. The van der Waals surface area contributed by atoms with Crippen molar-refractivity contribution in [3.05, 3.63) is 52.6 Å². The summed E-state index contributed by atoms with van der Waals surface area (Å²) in [6, 6.07) is 9.87. The van der Waals surface area contributed by atoms with Crippen LogP contribution >= 0.6 is 0 Å². The lowest BCUT2D eigenvalue weighted by molar-refractivity contribution is -0.0805. The predicted molar refractivity (Wildman–Crippen MR) is 93.0 cm³/mol. The molecule has 0 aliphatic heterocycles. The van der Waals surface area contributed by atoms with Crippen molar-refractivity contribution in [2.45, 2.75) is 25.2 Å². The van der Waals surface area contributed by atoms with Gasteiger partial charge in [-0.05, 0) is 5.56 Å². The van der Waals surface area contributed by atoms with Gasteiger partial charge in [-0.25, -0.2) is 4.57 Å². The first kappa shape index (κ1) is 18.9. The minimum atomic E-state index is -1.76. The number of hydrogen-bond acceptors (Lipinski definition) is 8. The third-order valence-electron chi connectivity index (χ3n) is 4.15. The number of nitrogens with zero attached hydrogens (tertiary/aromatic N) is 4. The molecular formula is C17H18N4O6. The summed E-state index contributed by atoms with van der Waals surface area (Å²) in [6.07, 6.45) is -5.11. The van der Waals surface area contributed by atoms with Gasteiger partial charge in [0.25, 0.3) is 5.56 Å². The van der Waals surface area contributed by atoms with E-state index in [1.807, 2.05) is 0 Å². The van der Waals surface area contributed by atoms with E-state index in [4.69, 9.17) is 5.11 Å². The van der Waals surface area contributed by atoms with E-state index < -0.39 is 36.4 Å². The maximum absolute atomic E-state index is 12.4. The normalized spacial score (nSPS) is 14.9. The van der Waals surface area contributed by atoms with Crippen molar-refractivity contribution in [1.82, 2.24) is 19.2 Å². The second-order valence-electron chi connectivity index (χ2n) is 5.97. The number of fused-ring (bicyclic) bond motifs is 1. The zero-order valence-corrected chi connectivity index (χ0v) is 14.3. The Morgan fingerprint density at radius 2 is 1.81 bits per heavy atom. The first-order valence-corrected chi connectivity index (χ1v) is 8.09. The highest BCUT2D eigenvalue weighted by molar-refractivity contribution is 5.80. The van der Waals surface area contributed by atoms with E-state index in [9.17, 15) is 24.9 Å². The average molecular weight is 374 g/mol. The Hall–Kier alpha value is -2.92. The average Bonchev–Trinajstić information content (AvgIpc) is 3.10. The molecule has 142 valence electrons. The van der Waals surface area contributed by atoms with Gasteiger partial charge in [0, 0.05) is 13.0 Å². The molecule has 0 fully saturated rings. The number of carbonyl (C=O) groups is 1. The number of benzene rings is 1. The highest BCUT2D eigenvalue weighted by Crippen LogP contribution is 2.24. The molecule has 0 saturated carbocycles. The van der Waals surface area contributed by atoms with E-state index in [2.05, 4.69) is 10.2 Å². The van der Waals surface area contributed by atoms with E-state index in [1.54, 1.807) is 30.3 Å². The molecule has 0 aliphatic rings. The van der Waals surface area contributed by atoms with Crippen molar-refractivity contribution in [3.8, 4) is 11.3 Å². The summed E-state index contributed by atoms with van der Waals surface area (Å²) in [5.74, 6) is -0.943. The summed E-state index contributed by atoms with van der Waals surface area (Å²) in [5.41, 5.74) is 0.247. The van der Waals surface area contributed by atoms with Crippen molar-refractivity contribution in [3.63, 3.8) is 0 Å². The molecule has 3 rings (SSSR count). The van der Waals surface area contributed by atoms with E-state index in [0.717, 1.165) is 4.57 Å². The molecule has 2 aromatic heterocycles. The van der Waals surface area contributed by atoms with Crippen molar-refractivity contribution in [1.29, 1.82) is 0 Å². The maximum Gasteiger partial charge on any atom is 0.262 e. The van der Waals surface area contributed by atoms with Crippen LogP contribution in [0.5, 0.6) is 0 Å². The molecule has 0 radical (unpaired) electrons. The zero-order valence-electron chi connectivity index (χ0n) is 14.3. The summed E-state index contributed by atoms with van der Waals surface area (Å²) in [6.45, 7) is 0.400. The van der Waals surface area contributed by atoms with Crippen molar-refractivity contribution in [2.75, 3.05) is 6.61 Å². The van der Waals surface area contributed by atoms with Gasteiger partial charge >= 0.3 is 0 Å². The molecule has 3 aromatic rings. The van der Waals surface area contributed by atoms with Crippen molar-refractivity contribution < 1.29 is 25.2 Å². The summed E-state index contributed by atoms with van der Waals surface area (Å²) in [5, 5.41) is 46.7. The monoisotopic (exact) mass is 374 g/mol. The molecular weight excluding hydrogens is 356 g/mol. The fourth-order valence-electron chi connectivity index (χ4n) is 2.79. The molecule has 0 spiro atoms. The summed E-state index contributed by atoms with van der Waals surface area (Å²) in [4.78, 5) is 24.3. The molecule has 10 nitrogen and oxygen atoms in total. The highest BCUT2D eigenvalue weighted by Gasteiger charge is 2.31. The Morgan fingerprint density at radius 1 is 1.15 bits per heavy atom. The van der Waals surface area contributed by atoms with E-state index >= 15 is 0 Å². The van der Waals surface area contributed by atoms with Gasteiger partial charge in [0.05, 0.1) is 12.3 Å². The zero-order chi connectivity index (χ0) is 19.7. The fraction of sp³-hybridized carbons (Fsp3) is 0.294. The largest absolute Gasteiger partial charge is 0.394 e. The minimum Gasteiger partial charge on any atom is -0.394 e. The van der Waals surface area contributed by atoms with Crippen LogP contribution in [-0.2, 0) is 0 Å². The molecule has 0 aliphatic carbocycles. The lowest BCUT2D eigenvalue weighted by Gasteiger charge is -2.21. The highest BCUT2D eigenvalue weighted by atomic mass is 16.4. The molecule has 2 heterocycles. The molecule has 4 N–H and O–H groups in total. The Morgan fingerprint density at radius 3 is 2.41 bits per heavy atom. The topological polar surface area (TPSA) is 150 Å². The number of rotatable bonds is 5. The molecule has 0 amide bonds. The number of aliphatic hydroxyl groups is 4. The Kier molecular flexibility index (Phi) is 5.15. The third kappa shape index (κ3) is 3.26. The van der Waals surface area contributed by atoms with Gasteiger partial charge in [-0.3, -0.25) is 14.0 Å². The van der Waals surface area contributed by atoms with Crippen LogP contribution in [-0.4, -0.2) is 64.3 Å². The molecule has 0 saturated heterocycles. The Balaban J connectivity index is 2.32. The fourth-order valence-corrected chi connectivity index (χ4v) is 2.79. The smallest absolute Gasteiger partial charge is 0.262 e. The van der Waals surface area contributed by atoms with Gasteiger partial charge in [0.2, 0.25) is 11.7 Å². The minimum absolute atomic E-state index is 0.145. The number of aromatic nitrogens is 4. The predicted octanol–water partition coefficient (Wildman–Crippen LogP) is -1.03. The second kappa shape index (κ2) is 7.37. The Labute approximate surface area is 152 Å². The number of carbonyl (C=O) groups excluding carboxylic acids is 1.